The first kappa shape index (κ1) is 14.0. The number of anilines is 1. The fraction of sp³-hybridized carbons (Fsp3) is 0.154. The number of nitrogens with one attached hydrogen (secondary N) is 1. The number of alkyl halides is 3. The van der Waals surface area contributed by atoms with E-state index in [0.29, 0.717) is 11.3 Å². The summed E-state index contributed by atoms with van der Waals surface area (Å²) in [7, 11) is 0. The van der Waals surface area contributed by atoms with Crippen molar-refractivity contribution in [3.8, 4) is 11.5 Å². The molecule has 0 aliphatic heterocycles. The maximum Gasteiger partial charge on any atom is 0.433 e. The molecule has 1 heterocycles. The van der Waals surface area contributed by atoms with Crippen LogP contribution in [0.4, 0.5) is 18.9 Å². The molecule has 0 atom stereocenters. The molecule has 0 saturated carbocycles. The van der Waals surface area contributed by atoms with Crippen LogP contribution in [-0.2, 0) is 12.7 Å². The number of phenols is 2. The third-order valence-electron chi connectivity index (χ3n) is 2.59. The van der Waals surface area contributed by atoms with Crippen molar-refractivity contribution in [3.63, 3.8) is 0 Å². The molecule has 0 fully saturated rings. The Morgan fingerprint density at radius 3 is 2.35 bits per heavy atom. The number of pyridine rings is 1. The molecular weight excluding hydrogens is 273 g/mol. The minimum Gasteiger partial charge on any atom is -0.504 e. The smallest absolute Gasteiger partial charge is 0.433 e. The highest BCUT2D eigenvalue weighted by Gasteiger charge is 2.31. The zero-order valence-electron chi connectivity index (χ0n) is 10.1. The van der Waals surface area contributed by atoms with Gasteiger partial charge in [0.15, 0.2) is 11.5 Å². The summed E-state index contributed by atoms with van der Waals surface area (Å²) in [5.74, 6) is -0.486. The van der Waals surface area contributed by atoms with Crippen LogP contribution in [-0.4, -0.2) is 15.2 Å². The topological polar surface area (TPSA) is 65.4 Å². The fourth-order valence-corrected chi connectivity index (χ4v) is 1.55. The lowest BCUT2D eigenvalue weighted by Gasteiger charge is -2.09. The largest absolute Gasteiger partial charge is 0.504 e. The zero-order chi connectivity index (χ0) is 14.8. The molecular formula is C13H11F3N2O2. The number of phenolic OH excluding ortho intramolecular Hbond substituents is 2. The molecule has 0 spiro atoms. The summed E-state index contributed by atoms with van der Waals surface area (Å²) in [5.41, 5.74) is 0.135. The van der Waals surface area contributed by atoms with Crippen molar-refractivity contribution < 1.29 is 23.4 Å². The number of nitrogens with zero attached hydrogens (tertiary/aromatic N) is 1. The molecule has 3 N–H and O–H groups in total. The second-order valence-electron chi connectivity index (χ2n) is 4.11. The highest BCUT2D eigenvalue weighted by Crippen LogP contribution is 2.28. The number of halogens is 3. The van der Waals surface area contributed by atoms with E-state index in [-0.39, 0.29) is 18.0 Å². The van der Waals surface area contributed by atoms with Gasteiger partial charge in [0, 0.05) is 6.54 Å². The number of benzene rings is 1. The Morgan fingerprint density at radius 2 is 1.80 bits per heavy atom. The van der Waals surface area contributed by atoms with Gasteiger partial charge in [0.05, 0.1) is 11.9 Å². The first-order chi connectivity index (χ1) is 9.36. The fourth-order valence-electron chi connectivity index (χ4n) is 1.55. The van der Waals surface area contributed by atoms with Crippen LogP contribution < -0.4 is 5.32 Å². The van der Waals surface area contributed by atoms with Gasteiger partial charge in [0.2, 0.25) is 0 Å². The van der Waals surface area contributed by atoms with Crippen molar-refractivity contribution in [1.29, 1.82) is 0 Å². The van der Waals surface area contributed by atoms with Crippen molar-refractivity contribution in [1.82, 2.24) is 4.98 Å². The SMILES string of the molecule is Oc1ccc(CNc2ccc(C(F)(F)F)nc2)cc1O. The summed E-state index contributed by atoms with van der Waals surface area (Å²) in [6.45, 7) is 0.279. The molecule has 20 heavy (non-hydrogen) atoms. The van der Waals surface area contributed by atoms with E-state index < -0.39 is 11.9 Å². The lowest BCUT2D eigenvalue weighted by molar-refractivity contribution is -0.141. The van der Waals surface area contributed by atoms with Crippen molar-refractivity contribution in [2.45, 2.75) is 12.7 Å². The van der Waals surface area contributed by atoms with Crippen LogP contribution in [0.3, 0.4) is 0 Å². The molecule has 0 saturated heterocycles. The number of aromatic nitrogens is 1. The molecule has 4 nitrogen and oxygen atoms in total. The highest BCUT2D eigenvalue weighted by molar-refractivity contribution is 5.45. The van der Waals surface area contributed by atoms with E-state index >= 15 is 0 Å². The van der Waals surface area contributed by atoms with E-state index in [2.05, 4.69) is 10.3 Å². The Hall–Kier alpha value is -2.44. The summed E-state index contributed by atoms with van der Waals surface area (Å²) in [6.07, 6.45) is -3.37. The van der Waals surface area contributed by atoms with Gasteiger partial charge < -0.3 is 15.5 Å². The molecule has 0 bridgehead atoms. The Morgan fingerprint density at radius 1 is 1.05 bits per heavy atom. The van der Waals surface area contributed by atoms with Gasteiger partial charge >= 0.3 is 6.18 Å². The number of rotatable bonds is 3. The predicted octanol–water partition coefficient (Wildman–Crippen LogP) is 3.12. The average molecular weight is 284 g/mol. The van der Waals surface area contributed by atoms with Crippen LogP contribution in [0.25, 0.3) is 0 Å². The lowest BCUT2D eigenvalue weighted by atomic mass is 10.2. The minimum absolute atomic E-state index is 0.232. The third-order valence-corrected chi connectivity index (χ3v) is 2.59. The number of hydrogen-bond acceptors (Lipinski definition) is 4. The van der Waals surface area contributed by atoms with E-state index in [9.17, 15) is 18.3 Å². The van der Waals surface area contributed by atoms with Gasteiger partial charge in [-0.1, -0.05) is 6.07 Å². The summed E-state index contributed by atoms with van der Waals surface area (Å²) < 4.78 is 37.0. The maximum absolute atomic E-state index is 12.3. The quantitative estimate of drug-likeness (QED) is 0.758. The molecule has 106 valence electrons. The zero-order valence-corrected chi connectivity index (χ0v) is 10.1. The van der Waals surface area contributed by atoms with E-state index in [4.69, 9.17) is 5.11 Å². The van der Waals surface area contributed by atoms with Gasteiger partial charge in [0.25, 0.3) is 0 Å². The van der Waals surface area contributed by atoms with Gasteiger partial charge in [-0.3, -0.25) is 0 Å². The molecule has 7 heteroatoms. The highest BCUT2D eigenvalue weighted by atomic mass is 19.4. The van der Waals surface area contributed by atoms with Crippen molar-refractivity contribution in [2.75, 3.05) is 5.32 Å². The molecule has 1 aromatic carbocycles. The van der Waals surface area contributed by atoms with Crippen LogP contribution in [0.1, 0.15) is 11.3 Å². The van der Waals surface area contributed by atoms with Crippen LogP contribution >= 0.6 is 0 Å². The van der Waals surface area contributed by atoms with E-state index in [1.807, 2.05) is 0 Å². The van der Waals surface area contributed by atoms with Crippen molar-refractivity contribution >= 4 is 5.69 Å². The standard InChI is InChI=1S/C13H11F3N2O2/c14-13(15,16)12-4-2-9(7-18-12)17-6-8-1-3-10(19)11(20)5-8/h1-5,7,17,19-20H,6H2. The maximum atomic E-state index is 12.3. The van der Waals surface area contributed by atoms with E-state index in [0.717, 1.165) is 12.3 Å². The Balaban J connectivity index is 2.02. The predicted molar refractivity (Wildman–Crippen MR) is 66.3 cm³/mol. The van der Waals surface area contributed by atoms with Crippen molar-refractivity contribution in [3.05, 3.63) is 47.8 Å². The third kappa shape index (κ3) is 3.31. The van der Waals surface area contributed by atoms with Crippen LogP contribution in [0, 0.1) is 0 Å². The van der Waals surface area contributed by atoms with Gasteiger partial charge in [-0.15, -0.1) is 0 Å². The minimum atomic E-state index is -4.46. The van der Waals surface area contributed by atoms with Gasteiger partial charge in [-0.2, -0.15) is 13.2 Å². The molecule has 0 unspecified atom stereocenters. The summed E-state index contributed by atoms with van der Waals surface area (Å²) in [6, 6.07) is 6.43. The monoisotopic (exact) mass is 284 g/mol. The second-order valence-corrected chi connectivity index (χ2v) is 4.11. The molecule has 0 aliphatic carbocycles. The van der Waals surface area contributed by atoms with E-state index in [1.165, 1.54) is 18.2 Å². The van der Waals surface area contributed by atoms with Gasteiger partial charge in [-0.25, -0.2) is 4.98 Å². The van der Waals surface area contributed by atoms with Gasteiger partial charge in [-0.05, 0) is 29.8 Å². The molecule has 2 rings (SSSR count). The first-order valence-electron chi connectivity index (χ1n) is 5.64. The number of hydrogen-bond donors (Lipinski definition) is 3. The Bertz CT molecular complexity index is 598. The van der Waals surface area contributed by atoms with Gasteiger partial charge in [0.1, 0.15) is 5.69 Å². The molecule has 0 radical (unpaired) electrons. The second kappa shape index (κ2) is 5.28. The molecule has 2 aromatic rings. The summed E-state index contributed by atoms with van der Waals surface area (Å²) >= 11 is 0. The van der Waals surface area contributed by atoms with E-state index in [1.54, 1.807) is 6.07 Å². The molecule has 0 amide bonds. The number of aromatic hydroxyl groups is 2. The lowest BCUT2D eigenvalue weighted by Crippen LogP contribution is -2.08. The van der Waals surface area contributed by atoms with Crippen LogP contribution in [0.15, 0.2) is 36.5 Å². The first-order valence-corrected chi connectivity index (χ1v) is 5.64. The van der Waals surface area contributed by atoms with Crippen LogP contribution in [0.5, 0.6) is 11.5 Å². The van der Waals surface area contributed by atoms with Crippen molar-refractivity contribution in [2.24, 2.45) is 0 Å². The summed E-state index contributed by atoms with van der Waals surface area (Å²) in [4.78, 5) is 3.32. The summed E-state index contributed by atoms with van der Waals surface area (Å²) in [5, 5.41) is 21.3. The molecule has 0 aliphatic rings. The van der Waals surface area contributed by atoms with Crippen LogP contribution in [0.2, 0.25) is 0 Å². The Labute approximate surface area is 112 Å². The normalized spacial score (nSPS) is 11.3. The molecule has 1 aromatic heterocycles. The average Bonchev–Trinajstić information content (AvgIpc) is 2.40. The Kier molecular flexibility index (Phi) is 3.69.